The minimum atomic E-state index is 0.203. The van der Waals surface area contributed by atoms with Gasteiger partial charge in [0, 0.05) is 29.7 Å². The minimum absolute atomic E-state index is 0.203. The van der Waals surface area contributed by atoms with Crippen molar-refractivity contribution in [1.82, 2.24) is 14.5 Å². The number of hydrogen-bond acceptors (Lipinski definition) is 5. The van der Waals surface area contributed by atoms with Crippen LogP contribution < -0.4 is 4.74 Å². The molecular weight excluding hydrogens is 282 g/mol. The van der Waals surface area contributed by atoms with Crippen LogP contribution in [0.1, 0.15) is 24.2 Å². The molecular formula is C13H16ClN3OS. The Morgan fingerprint density at radius 2 is 2.16 bits per heavy atom. The second-order valence-electron chi connectivity index (χ2n) is 4.33. The summed E-state index contributed by atoms with van der Waals surface area (Å²) in [5.41, 5.74) is 1.96. The lowest BCUT2D eigenvalue weighted by Crippen LogP contribution is -2.22. The number of nitrogens with zero attached hydrogens (tertiary/aromatic N) is 3. The van der Waals surface area contributed by atoms with E-state index in [1.807, 2.05) is 25.2 Å². The Hall–Kier alpha value is -1.17. The van der Waals surface area contributed by atoms with Crippen LogP contribution in [-0.4, -0.2) is 28.6 Å². The topological polar surface area (TPSA) is 38.2 Å². The lowest BCUT2D eigenvalue weighted by Gasteiger charge is -2.25. The van der Waals surface area contributed by atoms with E-state index in [2.05, 4.69) is 27.5 Å². The highest BCUT2D eigenvalue weighted by atomic mass is 35.5. The molecule has 2 aromatic rings. The molecule has 0 radical (unpaired) electrons. The van der Waals surface area contributed by atoms with Gasteiger partial charge in [0.2, 0.25) is 0 Å². The fourth-order valence-electron chi connectivity index (χ4n) is 1.91. The van der Waals surface area contributed by atoms with Gasteiger partial charge >= 0.3 is 0 Å². The number of benzene rings is 1. The van der Waals surface area contributed by atoms with Crippen molar-refractivity contribution < 1.29 is 4.74 Å². The molecule has 4 nitrogen and oxygen atoms in total. The molecule has 1 aromatic heterocycles. The van der Waals surface area contributed by atoms with Crippen LogP contribution in [0.15, 0.2) is 24.3 Å². The van der Waals surface area contributed by atoms with Crippen molar-refractivity contribution in [2.75, 3.05) is 14.2 Å². The number of halogens is 1. The number of ether oxygens (including phenoxy) is 1. The summed E-state index contributed by atoms with van der Waals surface area (Å²) in [5.74, 6) is 0.893. The van der Waals surface area contributed by atoms with Crippen molar-refractivity contribution in [3.8, 4) is 5.75 Å². The SMILES string of the molecule is COc1ccccc1C(C)N(C)Cc1nnsc1Cl. The van der Waals surface area contributed by atoms with Crippen molar-refractivity contribution in [1.29, 1.82) is 0 Å². The van der Waals surface area contributed by atoms with E-state index < -0.39 is 0 Å². The molecule has 1 aromatic carbocycles. The van der Waals surface area contributed by atoms with Crippen LogP contribution in [0.2, 0.25) is 4.34 Å². The molecule has 0 spiro atoms. The van der Waals surface area contributed by atoms with Crippen LogP contribution in [0.25, 0.3) is 0 Å². The number of aromatic nitrogens is 2. The predicted molar refractivity (Wildman–Crippen MR) is 77.8 cm³/mol. The zero-order valence-electron chi connectivity index (χ0n) is 11.1. The number of methoxy groups -OCH3 is 1. The largest absolute Gasteiger partial charge is 0.496 e. The molecule has 0 saturated heterocycles. The Kier molecular flexibility index (Phi) is 4.74. The van der Waals surface area contributed by atoms with Crippen molar-refractivity contribution in [3.05, 3.63) is 39.9 Å². The van der Waals surface area contributed by atoms with Gasteiger partial charge in [0.15, 0.2) is 0 Å². The third-order valence-corrected chi connectivity index (χ3v) is 4.14. The van der Waals surface area contributed by atoms with E-state index >= 15 is 0 Å². The van der Waals surface area contributed by atoms with Gasteiger partial charge in [-0.2, -0.15) is 0 Å². The maximum Gasteiger partial charge on any atom is 0.138 e. The maximum atomic E-state index is 6.04. The van der Waals surface area contributed by atoms with Crippen LogP contribution in [-0.2, 0) is 6.54 Å². The van der Waals surface area contributed by atoms with Crippen molar-refractivity contribution in [2.45, 2.75) is 19.5 Å². The first-order chi connectivity index (χ1) is 9.13. The number of hydrogen-bond donors (Lipinski definition) is 0. The summed E-state index contributed by atoms with van der Waals surface area (Å²) in [5, 5.41) is 4.04. The monoisotopic (exact) mass is 297 g/mol. The van der Waals surface area contributed by atoms with E-state index in [9.17, 15) is 0 Å². The minimum Gasteiger partial charge on any atom is -0.496 e. The van der Waals surface area contributed by atoms with Gasteiger partial charge in [-0.1, -0.05) is 34.3 Å². The zero-order valence-corrected chi connectivity index (χ0v) is 12.7. The number of para-hydroxylation sites is 1. The van der Waals surface area contributed by atoms with Gasteiger partial charge in [-0.05, 0) is 20.0 Å². The van der Waals surface area contributed by atoms with Gasteiger partial charge in [-0.3, -0.25) is 4.90 Å². The van der Waals surface area contributed by atoms with Gasteiger partial charge in [0.05, 0.1) is 7.11 Å². The lowest BCUT2D eigenvalue weighted by atomic mass is 10.1. The van der Waals surface area contributed by atoms with Gasteiger partial charge in [0.25, 0.3) is 0 Å². The molecule has 0 aliphatic rings. The van der Waals surface area contributed by atoms with E-state index in [-0.39, 0.29) is 6.04 Å². The van der Waals surface area contributed by atoms with E-state index in [0.717, 1.165) is 17.0 Å². The summed E-state index contributed by atoms with van der Waals surface area (Å²) in [6, 6.07) is 8.22. The lowest BCUT2D eigenvalue weighted by molar-refractivity contribution is 0.244. The van der Waals surface area contributed by atoms with Gasteiger partial charge in [-0.25, -0.2) is 0 Å². The quantitative estimate of drug-likeness (QED) is 0.848. The first-order valence-corrected chi connectivity index (χ1v) is 7.08. The Labute approximate surface area is 122 Å². The van der Waals surface area contributed by atoms with Crippen LogP contribution >= 0.6 is 23.1 Å². The van der Waals surface area contributed by atoms with E-state index in [1.165, 1.54) is 11.5 Å². The molecule has 1 heterocycles. The first kappa shape index (κ1) is 14.2. The van der Waals surface area contributed by atoms with Crippen LogP contribution in [0.5, 0.6) is 5.75 Å². The molecule has 6 heteroatoms. The molecule has 0 aliphatic carbocycles. The predicted octanol–water partition coefficient (Wildman–Crippen LogP) is 3.39. The molecule has 102 valence electrons. The van der Waals surface area contributed by atoms with Gasteiger partial charge < -0.3 is 4.74 Å². The Balaban J connectivity index is 2.14. The van der Waals surface area contributed by atoms with Crippen molar-refractivity contribution in [2.24, 2.45) is 0 Å². The molecule has 1 atom stereocenters. The van der Waals surface area contributed by atoms with Gasteiger partial charge in [-0.15, -0.1) is 5.10 Å². The highest BCUT2D eigenvalue weighted by Gasteiger charge is 2.18. The van der Waals surface area contributed by atoms with Crippen molar-refractivity contribution >= 4 is 23.1 Å². The van der Waals surface area contributed by atoms with Crippen LogP contribution in [0.4, 0.5) is 0 Å². The summed E-state index contributed by atoms with van der Waals surface area (Å²) in [7, 11) is 3.72. The van der Waals surface area contributed by atoms with Gasteiger partial charge in [0.1, 0.15) is 15.8 Å². The third kappa shape index (κ3) is 3.23. The summed E-state index contributed by atoms with van der Waals surface area (Å²) < 4.78 is 9.90. The zero-order chi connectivity index (χ0) is 13.8. The molecule has 19 heavy (non-hydrogen) atoms. The third-order valence-electron chi connectivity index (χ3n) is 3.16. The highest BCUT2D eigenvalue weighted by Crippen LogP contribution is 2.29. The Bertz CT molecular complexity index is 546. The first-order valence-electron chi connectivity index (χ1n) is 5.93. The van der Waals surface area contributed by atoms with E-state index in [1.54, 1.807) is 7.11 Å². The summed E-state index contributed by atoms with van der Waals surface area (Å²) >= 11 is 7.25. The highest BCUT2D eigenvalue weighted by molar-refractivity contribution is 7.10. The second-order valence-corrected chi connectivity index (χ2v) is 5.68. The van der Waals surface area contributed by atoms with E-state index in [4.69, 9.17) is 16.3 Å². The summed E-state index contributed by atoms with van der Waals surface area (Å²) in [6.07, 6.45) is 0. The smallest absolute Gasteiger partial charge is 0.138 e. The standard InChI is InChI=1S/C13H16ClN3OS/c1-9(10-6-4-5-7-12(10)18-3)17(2)8-11-13(14)19-16-15-11/h4-7,9H,8H2,1-3H3. The average Bonchev–Trinajstić information content (AvgIpc) is 2.83. The molecule has 0 bridgehead atoms. The molecule has 0 amide bonds. The molecule has 2 rings (SSSR count). The fraction of sp³-hybridized carbons (Fsp3) is 0.385. The summed E-state index contributed by atoms with van der Waals surface area (Å²) in [4.78, 5) is 2.17. The second kappa shape index (κ2) is 6.32. The molecule has 0 aliphatic heterocycles. The average molecular weight is 298 g/mol. The Morgan fingerprint density at radius 3 is 2.79 bits per heavy atom. The molecule has 0 fully saturated rings. The van der Waals surface area contributed by atoms with Crippen molar-refractivity contribution in [3.63, 3.8) is 0 Å². The van der Waals surface area contributed by atoms with Crippen LogP contribution in [0.3, 0.4) is 0 Å². The molecule has 1 unspecified atom stereocenters. The molecule has 0 saturated carbocycles. The molecule has 0 N–H and O–H groups in total. The normalized spacial score (nSPS) is 12.7. The Morgan fingerprint density at radius 1 is 1.42 bits per heavy atom. The summed E-state index contributed by atoms with van der Waals surface area (Å²) in [6.45, 7) is 2.79. The van der Waals surface area contributed by atoms with E-state index in [0.29, 0.717) is 10.9 Å². The fourth-order valence-corrected chi connectivity index (χ4v) is 2.53. The maximum absolute atomic E-state index is 6.04. The van der Waals surface area contributed by atoms with Crippen LogP contribution in [0, 0.1) is 0 Å². The number of rotatable bonds is 5.